The van der Waals surface area contributed by atoms with Crippen LogP contribution in [0.2, 0.25) is 0 Å². The van der Waals surface area contributed by atoms with Gasteiger partial charge >= 0.3 is 0 Å². The zero-order chi connectivity index (χ0) is 47.1. The number of rotatable bonds is 2. The molecule has 4 fully saturated rings. The van der Waals surface area contributed by atoms with E-state index in [-0.39, 0.29) is 36.5 Å². The number of carbonyl (C=O) groups excluding carboxylic acids is 2. The van der Waals surface area contributed by atoms with Crippen molar-refractivity contribution >= 4 is 51.5 Å². The zero-order valence-electron chi connectivity index (χ0n) is 39.4. The number of benzene rings is 2. The van der Waals surface area contributed by atoms with Crippen molar-refractivity contribution in [2.45, 2.75) is 110 Å². The SMILES string of the molecule is CC.CC.COC1CN(C)C(=O)C2CC(CN2c2nc3nc4c2cnn4-c2ccc(F)cc2OCCCCCC(=O)N2CC4CC(C2)N34)Nc2cccc(n2)-c2cc(F)cc3nc(C)n(c23)C1. The molecule has 1 N–H and O–H groups in total. The first-order valence-electron chi connectivity index (χ1n) is 23.8. The standard InChI is InChI=1S/C45H48F2N12O4.2C2H6/c1-25-49-35-15-27(47)14-32-34-8-7-9-39(51-34)50-28-17-37(44(61)54(2)23-31(62-3)24-56(25)41(32)35)57(20-28)42-33-19-48-59-36-12-11-26(46)16-38(36)63-13-6-4-5-10-40(60)55-21-29-18-30(22-55)58(29)45(52-42)53-43(33)59;2*1-2/h7-9,11-12,14-16,19,28-31,37H,4-6,10,13,17-18,20-24H2,1-3H3,(H,50,51);2*1-2H3. The number of carbonyl (C=O) groups is 2. The molecule has 5 unspecified atom stereocenters. The van der Waals surface area contributed by atoms with E-state index in [0.29, 0.717) is 115 Å². The summed E-state index contributed by atoms with van der Waals surface area (Å²) >= 11 is 0. The van der Waals surface area contributed by atoms with E-state index >= 15 is 4.39 Å². The summed E-state index contributed by atoms with van der Waals surface area (Å²) in [5, 5.41) is 9.07. The molecule has 67 heavy (non-hydrogen) atoms. The van der Waals surface area contributed by atoms with E-state index in [1.54, 1.807) is 36.0 Å². The van der Waals surface area contributed by atoms with Crippen molar-refractivity contribution in [2.24, 2.45) is 0 Å². The Hall–Kier alpha value is -6.43. The molecule has 16 nitrogen and oxygen atoms in total. The van der Waals surface area contributed by atoms with Gasteiger partial charge in [-0.25, -0.2) is 23.4 Å². The lowest BCUT2D eigenvalue weighted by Gasteiger charge is -2.56. The number of amides is 2. The third kappa shape index (κ3) is 8.48. The maximum absolute atomic E-state index is 15.2. The minimum atomic E-state index is -0.670. The Morgan fingerprint density at radius 1 is 0.851 bits per heavy atom. The fourth-order valence-corrected chi connectivity index (χ4v) is 10.3. The second kappa shape index (κ2) is 19.1. The van der Waals surface area contributed by atoms with Crippen LogP contribution in [0.25, 0.3) is 39.0 Å². The molecule has 5 atom stereocenters. The maximum Gasteiger partial charge on any atom is 0.245 e. The third-order valence-corrected chi connectivity index (χ3v) is 13.4. The van der Waals surface area contributed by atoms with Crippen LogP contribution in [0.15, 0.2) is 54.7 Å². The second-order valence-electron chi connectivity index (χ2n) is 17.5. The number of pyridine rings is 1. The molecule has 7 aliphatic rings. The number of nitrogens with zero attached hydrogens (tertiary/aromatic N) is 11. The van der Waals surface area contributed by atoms with E-state index < -0.39 is 23.8 Å². The first kappa shape index (κ1) is 45.7. The molecule has 0 aliphatic carbocycles. The zero-order valence-corrected chi connectivity index (χ0v) is 39.4. The molecule has 10 bridgehead atoms. The third-order valence-electron chi connectivity index (χ3n) is 13.4. The summed E-state index contributed by atoms with van der Waals surface area (Å²) < 4.78 is 46.0. The fraction of sp³-hybridized carbons (Fsp3) is 0.490. The molecule has 7 aliphatic heterocycles. The summed E-state index contributed by atoms with van der Waals surface area (Å²) in [6.07, 6.45) is 5.30. The van der Waals surface area contributed by atoms with Gasteiger partial charge in [0.2, 0.25) is 17.8 Å². The first-order valence-corrected chi connectivity index (χ1v) is 23.8. The molecule has 0 radical (unpaired) electrons. The Bertz CT molecular complexity index is 2790. The molecular formula is C49H60F2N12O4. The number of anilines is 3. The summed E-state index contributed by atoms with van der Waals surface area (Å²) in [6.45, 7) is 12.4. The van der Waals surface area contributed by atoms with E-state index in [4.69, 9.17) is 34.5 Å². The molecule has 2 aromatic carbocycles. The lowest BCUT2D eigenvalue weighted by molar-refractivity contribution is -0.134. The average molecular weight is 919 g/mol. The number of imidazole rings is 1. The van der Waals surface area contributed by atoms with Crippen molar-refractivity contribution in [1.82, 2.24) is 44.1 Å². The van der Waals surface area contributed by atoms with Crippen LogP contribution in [0.3, 0.4) is 0 Å². The minimum absolute atomic E-state index is 0.0215. The molecule has 2 amide bonds. The van der Waals surface area contributed by atoms with E-state index in [2.05, 4.69) is 10.2 Å². The van der Waals surface area contributed by atoms with E-state index in [0.717, 1.165) is 24.8 Å². The van der Waals surface area contributed by atoms with Gasteiger partial charge in [0, 0.05) is 70.5 Å². The molecule has 4 aromatic heterocycles. The monoisotopic (exact) mass is 918 g/mol. The molecule has 18 heteroatoms. The number of piperidine rings is 1. The fourth-order valence-electron chi connectivity index (χ4n) is 10.3. The number of hydrogen-bond acceptors (Lipinski definition) is 12. The Kier molecular flexibility index (Phi) is 13.0. The Morgan fingerprint density at radius 3 is 2.45 bits per heavy atom. The number of hydrogen-bond donors (Lipinski definition) is 1. The highest BCUT2D eigenvalue weighted by Crippen LogP contribution is 2.41. The number of methoxy groups -OCH3 is 1. The van der Waals surface area contributed by atoms with E-state index in [1.807, 2.05) is 67.2 Å². The average Bonchev–Trinajstić information content (AvgIpc) is 4.04. The molecule has 13 rings (SSSR count). The molecule has 6 aromatic rings. The van der Waals surface area contributed by atoms with Crippen molar-refractivity contribution in [3.8, 4) is 22.7 Å². The molecular weight excluding hydrogens is 859 g/mol. The van der Waals surface area contributed by atoms with Gasteiger partial charge in [0.25, 0.3) is 0 Å². The Balaban J connectivity index is 0.00000137. The van der Waals surface area contributed by atoms with Gasteiger partial charge in [-0.05, 0) is 69.4 Å². The van der Waals surface area contributed by atoms with Crippen molar-refractivity contribution in [3.05, 3.63) is 72.2 Å². The van der Waals surface area contributed by atoms with Crippen molar-refractivity contribution in [3.63, 3.8) is 0 Å². The van der Waals surface area contributed by atoms with Crippen LogP contribution in [0, 0.1) is 18.6 Å². The van der Waals surface area contributed by atoms with Crippen LogP contribution >= 0.6 is 0 Å². The van der Waals surface area contributed by atoms with E-state index in [9.17, 15) is 14.0 Å². The largest absolute Gasteiger partial charge is 0.491 e. The lowest BCUT2D eigenvalue weighted by atomic mass is 9.87. The minimum Gasteiger partial charge on any atom is -0.491 e. The topological polar surface area (TPSA) is 152 Å². The summed E-state index contributed by atoms with van der Waals surface area (Å²) in [4.78, 5) is 56.5. The van der Waals surface area contributed by atoms with Gasteiger partial charge in [-0.15, -0.1) is 0 Å². The van der Waals surface area contributed by atoms with Crippen LogP contribution in [-0.2, 0) is 20.9 Å². The van der Waals surface area contributed by atoms with Crippen LogP contribution in [0.1, 0.15) is 72.0 Å². The predicted molar refractivity (Wildman–Crippen MR) is 254 cm³/mol. The molecule has 4 saturated heterocycles. The van der Waals surface area contributed by atoms with Gasteiger partial charge in [-0.2, -0.15) is 15.1 Å². The van der Waals surface area contributed by atoms with Gasteiger partial charge in [0.05, 0.1) is 59.6 Å². The van der Waals surface area contributed by atoms with Gasteiger partial charge in [0.15, 0.2) is 5.65 Å². The predicted octanol–water partition coefficient (Wildman–Crippen LogP) is 7.15. The summed E-state index contributed by atoms with van der Waals surface area (Å²) in [5.41, 5.74) is 3.44. The number of ether oxygens (including phenoxy) is 2. The van der Waals surface area contributed by atoms with Gasteiger partial charge < -0.3 is 39.0 Å². The Morgan fingerprint density at radius 2 is 1.66 bits per heavy atom. The van der Waals surface area contributed by atoms with E-state index in [1.165, 1.54) is 24.3 Å². The summed E-state index contributed by atoms with van der Waals surface area (Å²) in [5.74, 6) is 1.75. The quantitative estimate of drug-likeness (QED) is 0.188. The van der Waals surface area contributed by atoms with Crippen molar-refractivity contribution in [1.29, 1.82) is 0 Å². The van der Waals surface area contributed by atoms with Gasteiger partial charge in [-0.3, -0.25) is 9.59 Å². The number of likely N-dealkylation sites (N-methyl/N-ethyl adjacent to an activating group) is 1. The molecule has 0 spiro atoms. The highest BCUT2D eigenvalue weighted by Gasteiger charge is 2.48. The summed E-state index contributed by atoms with van der Waals surface area (Å²) in [7, 11) is 3.41. The van der Waals surface area contributed by atoms with Crippen molar-refractivity contribution < 1.29 is 27.8 Å². The highest BCUT2D eigenvalue weighted by atomic mass is 19.1. The maximum atomic E-state index is 15.2. The van der Waals surface area contributed by atoms with Crippen molar-refractivity contribution in [2.75, 3.05) is 62.1 Å². The molecule has 0 saturated carbocycles. The second-order valence-corrected chi connectivity index (χ2v) is 17.5. The number of piperazine rings is 1. The highest BCUT2D eigenvalue weighted by molar-refractivity contribution is 5.95. The number of nitrogens with one attached hydrogen (secondary N) is 1. The number of aryl methyl sites for hydroxylation is 1. The number of halogens is 2. The van der Waals surface area contributed by atoms with Gasteiger partial charge in [-0.1, -0.05) is 33.8 Å². The molecule has 354 valence electrons. The Labute approximate surface area is 389 Å². The summed E-state index contributed by atoms with van der Waals surface area (Å²) in [6, 6.07) is 12.0. The van der Waals surface area contributed by atoms with Crippen LogP contribution in [0.5, 0.6) is 5.75 Å². The number of fused-ring (bicyclic) bond motifs is 11. The normalized spacial score (nSPS) is 22.7. The van der Waals surface area contributed by atoms with Crippen LogP contribution in [-0.4, -0.2) is 133 Å². The van der Waals surface area contributed by atoms with Crippen LogP contribution in [0.4, 0.5) is 26.4 Å². The van der Waals surface area contributed by atoms with Gasteiger partial charge in [0.1, 0.15) is 46.6 Å². The smallest absolute Gasteiger partial charge is 0.245 e. The lowest BCUT2D eigenvalue weighted by Crippen LogP contribution is -2.70. The first-order chi connectivity index (χ1) is 32.6. The van der Waals surface area contributed by atoms with Crippen LogP contribution < -0.4 is 19.9 Å². The molecule has 11 heterocycles. The number of aromatic nitrogens is 7.